The highest BCUT2D eigenvalue weighted by atomic mass is 16.2. The van der Waals surface area contributed by atoms with E-state index in [9.17, 15) is 0 Å². The van der Waals surface area contributed by atoms with Crippen LogP contribution in [0, 0.1) is 16.7 Å². The van der Waals surface area contributed by atoms with Crippen molar-refractivity contribution in [2.75, 3.05) is 6.61 Å². The molecule has 0 aromatic carbocycles. The van der Waals surface area contributed by atoms with E-state index in [2.05, 4.69) is 39.0 Å². The first-order chi connectivity index (χ1) is 14.0. The molecule has 2 atom stereocenters. The summed E-state index contributed by atoms with van der Waals surface area (Å²) in [7, 11) is 0. The number of aliphatic hydroxyl groups excluding tert-OH is 1. The Balaban J connectivity index is 1.38. The molecule has 29 heavy (non-hydrogen) atoms. The maximum absolute atomic E-state index is 8.76. The van der Waals surface area contributed by atoms with Crippen LogP contribution in [0.5, 0.6) is 0 Å². The van der Waals surface area contributed by atoms with E-state index in [1.165, 1.54) is 103 Å². The van der Waals surface area contributed by atoms with E-state index >= 15 is 0 Å². The first-order valence-electron chi connectivity index (χ1n) is 13.0. The van der Waals surface area contributed by atoms with E-state index in [4.69, 9.17) is 5.11 Å². The molecule has 0 saturated heterocycles. The molecule has 1 heteroatoms. The Morgan fingerprint density at radius 1 is 0.828 bits per heavy atom. The normalized spacial score (nSPS) is 25.2. The van der Waals surface area contributed by atoms with Gasteiger partial charge in [-0.3, -0.25) is 0 Å². The van der Waals surface area contributed by atoms with Gasteiger partial charge in [-0.15, -0.1) is 0 Å². The van der Waals surface area contributed by atoms with Crippen LogP contribution >= 0.6 is 0 Å². The zero-order valence-electron chi connectivity index (χ0n) is 20.0. The molecule has 1 nitrogen and oxygen atoms in total. The summed E-state index contributed by atoms with van der Waals surface area (Å²) in [6.07, 6.45) is 30.1. The first kappa shape index (κ1) is 24.7. The summed E-state index contributed by atoms with van der Waals surface area (Å²) in [6, 6.07) is 0. The van der Waals surface area contributed by atoms with Gasteiger partial charge in [0.15, 0.2) is 0 Å². The average molecular weight is 403 g/mol. The van der Waals surface area contributed by atoms with Gasteiger partial charge in [-0.25, -0.2) is 0 Å². The van der Waals surface area contributed by atoms with Crippen molar-refractivity contribution in [3.05, 3.63) is 23.8 Å². The fourth-order valence-electron chi connectivity index (χ4n) is 6.09. The average Bonchev–Trinajstić information content (AvgIpc) is 2.71. The Morgan fingerprint density at radius 2 is 1.34 bits per heavy atom. The zero-order valence-corrected chi connectivity index (χ0v) is 20.0. The van der Waals surface area contributed by atoms with Crippen molar-refractivity contribution < 1.29 is 5.11 Å². The molecular weight excluding hydrogens is 352 g/mol. The second-order valence-corrected chi connectivity index (χ2v) is 10.6. The molecule has 2 bridgehead atoms. The number of rotatable bonds is 17. The molecular formula is C28H50O. The number of aliphatic hydroxyl groups is 1. The van der Waals surface area contributed by atoms with Crippen LogP contribution in [0.2, 0.25) is 0 Å². The summed E-state index contributed by atoms with van der Waals surface area (Å²) >= 11 is 0. The van der Waals surface area contributed by atoms with Crippen LogP contribution < -0.4 is 0 Å². The highest BCUT2D eigenvalue weighted by Gasteiger charge is 2.60. The van der Waals surface area contributed by atoms with Gasteiger partial charge >= 0.3 is 0 Å². The molecule has 0 aromatic rings. The summed E-state index contributed by atoms with van der Waals surface area (Å²) in [6.45, 7) is 7.83. The van der Waals surface area contributed by atoms with Gasteiger partial charge in [0.2, 0.25) is 0 Å². The molecule has 168 valence electrons. The minimum Gasteiger partial charge on any atom is -0.396 e. The molecule has 3 rings (SSSR count). The molecule has 1 fully saturated rings. The summed E-state index contributed by atoms with van der Waals surface area (Å²) in [5, 5.41) is 8.76. The maximum Gasteiger partial charge on any atom is 0.0431 e. The lowest BCUT2D eigenvalue weighted by Crippen LogP contribution is -2.57. The van der Waals surface area contributed by atoms with Crippen LogP contribution in [0.4, 0.5) is 0 Å². The summed E-state index contributed by atoms with van der Waals surface area (Å²) in [4.78, 5) is 0. The molecule has 1 saturated carbocycles. The third-order valence-electron chi connectivity index (χ3n) is 8.48. The van der Waals surface area contributed by atoms with Crippen LogP contribution in [0.1, 0.15) is 130 Å². The first-order valence-corrected chi connectivity index (χ1v) is 13.0. The highest BCUT2D eigenvalue weighted by molar-refractivity contribution is 5.29. The van der Waals surface area contributed by atoms with Crippen LogP contribution in [0.3, 0.4) is 0 Å². The van der Waals surface area contributed by atoms with Crippen molar-refractivity contribution >= 4 is 0 Å². The molecule has 0 radical (unpaired) electrons. The van der Waals surface area contributed by atoms with Crippen LogP contribution in [0.15, 0.2) is 23.8 Å². The predicted molar refractivity (Wildman–Crippen MR) is 128 cm³/mol. The maximum atomic E-state index is 8.76. The van der Waals surface area contributed by atoms with Crippen LogP contribution in [-0.2, 0) is 0 Å². The molecule has 0 amide bonds. The van der Waals surface area contributed by atoms with Crippen LogP contribution in [0.25, 0.3) is 0 Å². The summed E-state index contributed by atoms with van der Waals surface area (Å²) in [5.74, 6) is 0.955. The molecule has 3 aliphatic carbocycles. The lowest BCUT2D eigenvalue weighted by atomic mass is 9.39. The minimum atomic E-state index is 0.361. The fraction of sp³-hybridized carbons (Fsp3) is 0.857. The fourth-order valence-corrected chi connectivity index (χ4v) is 6.09. The number of hydrogen-bond donors (Lipinski definition) is 1. The molecule has 1 N–H and O–H groups in total. The smallest absolute Gasteiger partial charge is 0.0431 e. The second kappa shape index (κ2) is 13.0. The van der Waals surface area contributed by atoms with Crippen molar-refractivity contribution in [2.24, 2.45) is 16.7 Å². The highest BCUT2D eigenvalue weighted by Crippen LogP contribution is 2.69. The third-order valence-corrected chi connectivity index (χ3v) is 8.48. The molecule has 0 aliphatic heterocycles. The van der Waals surface area contributed by atoms with Gasteiger partial charge in [0, 0.05) is 6.61 Å². The number of unbranched alkanes of at least 4 members (excludes halogenated alkanes) is 12. The van der Waals surface area contributed by atoms with Gasteiger partial charge in [-0.05, 0) is 75.0 Å². The quantitative estimate of drug-likeness (QED) is 0.190. The monoisotopic (exact) mass is 402 g/mol. The van der Waals surface area contributed by atoms with Gasteiger partial charge < -0.3 is 5.11 Å². The second-order valence-electron chi connectivity index (χ2n) is 10.6. The van der Waals surface area contributed by atoms with Gasteiger partial charge in [-0.1, -0.05) is 95.4 Å². The Labute approximate surface area is 182 Å². The van der Waals surface area contributed by atoms with Gasteiger partial charge in [0.1, 0.15) is 0 Å². The van der Waals surface area contributed by atoms with E-state index in [0.717, 1.165) is 12.3 Å². The van der Waals surface area contributed by atoms with Crippen molar-refractivity contribution in [1.29, 1.82) is 0 Å². The number of fused-ring (bicyclic) bond motifs is 1. The summed E-state index contributed by atoms with van der Waals surface area (Å²) < 4.78 is 0. The molecule has 0 spiro atoms. The molecule has 0 aromatic heterocycles. The Kier molecular flexibility index (Phi) is 11.1. The zero-order chi connectivity index (χ0) is 21.0. The topological polar surface area (TPSA) is 20.2 Å². The van der Waals surface area contributed by atoms with Crippen molar-refractivity contribution in [3.63, 3.8) is 0 Å². The third kappa shape index (κ3) is 6.98. The number of allylic oxidation sites excluding steroid dienone is 4. The molecule has 0 heterocycles. The van der Waals surface area contributed by atoms with E-state index in [0.29, 0.717) is 17.4 Å². The largest absolute Gasteiger partial charge is 0.396 e. The van der Waals surface area contributed by atoms with Gasteiger partial charge in [-0.2, -0.15) is 0 Å². The predicted octanol–water partition coefficient (Wildman–Crippen LogP) is 8.77. The minimum absolute atomic E-state index is 0.361. The Bertz CT molecular complexity index is 500. The number of hydrogen-bond acceptors (Lipinski definition) is 1. The lowest BCUT2D eigenvalue weighted by molar-refractivity contribution is -0.109. The van der Waals surface area contributed by atoms with Crippen molar-refractivity contribution in [2.45, 2.75) is 130 Å². The summed E-state index contributed by atoms with van der Waals surface area (Å²) in [5.41, 5.74) is 2.82. The molecule has 2 unspecified atom stereocenters. The van der Waals surface area contributed by atoms with E-state index < -0.39 is 0 Å². The van der Waals surface area contributed by atoms with Gasteiger partial charge in [0.05, 0.1) is 0 Å². The van der Waals surface area contributed by atoms with Crippen molar-refractivity contribution in [3.8, 4) is 0 Å². The molecule has 3 aliphatic rings. The SMILES string of the molecule is CC1=CCC2CC1(CCCCCCCC/C=C\CCCCCCCCO)C2(C)C. The Morgan fingerprint density at radius 3 is 1.86 bits per heavy atom. The lowest BCUT2D eigenvalue weighted by Gasteiger charge is -2.66. The van der Waals surface area contributed by atoms with Crippen molar-refractivity contribution in [1.82, 2.24) is 0 Å². The standard InChI is InChI=1S/C28H50O/c1-25-20-21-26-24-28(25,27(26,2)3)22-18-16-14-12-10-8-6-4-5-7-9-11-13-15-17-19-23-29/h4-5,20,26,29H,6-19,21-24H2,1-3H3/b5-4-. The van der Waals surface area contributed by atoms with E-state index in [1.54, 1.807) is 5.57 Å². The van der Waals surface area contributed by atoms with E-state index in [-0.39, 0.29) is 0 Å². The van der Waals surface area contributed by atoms with Crippen LogP contribution in [-0.4, -0.2) is 11.7 Å². The van der Waals surface area contributed by atoms with E-state index in [1.807, 2.05) is 0 Å². The Hall–Kier alpha value is -0.560. The van der Waals surface area contributed by atoms with Gasteiger partial charge in [0.25, 0.3) is 0 Å².